The van der Waals surface area contributed by atoms with Crippen LogP contribution >= 0.6 is 23.2 Å². The Hall–Kier alpha value is -2.18. The second-order valence-corrected chi connectivity index (χ2v) is 7.95. The second kappa shape index (κ2) is 6.46. The Balaban J connectivity index is 1.68. The van der Waals surface area contributed by atoms with Crippen molar-refractivity contribution in [3.8, 4) is 0 Å². The fourth-order valence-corrected chi connectivity index (χ4v) is 4.29. The predicted octanol–water partition coefficient (Wildman–Crippen LogP) is 4.99. The van der Waals surface area contributed by atoms with E-state index in [4.69, 9.17) is 28.2 Å². The summed E-state index contributed by atoms with van der Waals surface area (Å²) in [5, 5.41) is 10.1. The van der Waals surface area contributed by atoms with Gasteiger partial charge in [0.15, 0.2) is 5.82 Å². The molecule has 0 saturated heterocycles. The largest absolute Gasteiger partial charge is 0.246 e. The lowest BCUT2D eigenvalue weighted by atomic mass is 9.86. The number of benzene rings is 1. The van der Waals surface area contributed by atoms with Crippen LogP contribution in [0.5, 0.6) is 0 Å². The summed E-state index contributed by atoms with van der Waals surface area (Å²) in [5.74, 6) is 1.69. The van der Waals surface area contributed by atoms with Crippen LogP contribution in [0.25, 0.3) is 0 Å². The Morgan fingerprint density at radius 2 is 1.89 bits per heavy atom. The van der Waals surface area contributed by atoms with Gasteiger partial charge in [-0.2, -0.15) is 10.2 Å². The first-order chi connectivity index (χ1) is 13.1. The minimum atomic E-state index is -0.106. The smallest absolute Gasteiger partial charge is 0.150 e. The van der Waals surface area contributed by atoms with Gasteiger partial charge in [0, 0.05) is 11.8 Å². The molecule has 0 bridgehead atoms. The molecule has 2 aromatic heterocycles. The molecule has 6 nitrogen and oxygen atoms in total. The highest BCUT2D eigenvalue weighted by molar-refractivity contribution is 6.42. The van der Waals surface area contributed by atoms with E-state index in [-0.39, 0.29) is 12.0 Å². The van der Waals surface area contributed by atoms with Gasteiger partial charge in [0.2, 0.25) is 0 Å². The van der Waals surface area contributed by atoms with Crippen LogP contribution in [-0.2, 0) is 0 Å². The summed E-state index contributed by atoms with van der Waals surface area (Å²) in [6.07, 6.45) is 6.94. The summed E-state index contributed by atoms with van der Waals surface area (Å²) in [6.45, 7) is 2.05. The van der Waals surface area contributed by atoms with Crippen LogP contribution in [0.15, 0.2) is 41.8 Å². The maximum Gasteiger partial charge on any atom is 0.150 e. The quantitative estimate of drug-likeness (QED) is 0.622. The third-order valence-electron chi connectivity index (χ3n) is 5.55. The average Bonchev–Trinajstić information content (AvgIpc) is 3.24. The molecular weight excluding hydrogens is 383 g/mol. The fourth-order valence-electron chi connectivity index (χ4n) is 3.98. The molecule has 1 aliphatic carbocycles. The number of hydrogen-bond donors (Lipinski definition) is 0. The number of hydrogen-bond acceptors (Lipinski definition) is 4. The molecule has 0 N–H and O–H groups in total. The fraction of sp³-hybridized carbons (Fsp3) is 0.368. The van der Waals surface area contributed by atoms with Crippen molar-refractivity contribution >= 4 is 34.7 Å². The number of aromatic nitrogens is 5. The highest BCUT2D eigenvalue weighted by atomic mass is 35.5. The van der Waals surface area contributed by atoms with Gasteiger partial charge >= 0.3 is 0 Å². The molecule has 1 unspecified atom stereocenters. The molecule has 2 aliphatic rings. The zero-order valence-corrected chi connectivity index (χ0v) is 16.3. The minimum absolute atomic E-state index is 0.0715. The van der Waals surface area contributed by atoms with Crippen LogP contribution in [0.2, 0.25) is 10.0 Å². The summed E-state index contributed by atoms with van der Waals surface area (Å²) in [4.78, 5) is 9.42. The van der Waals surface area contributed by atoms with Crippen molar-refractivity contribution < 1.29 is 0 Å². The van der Waals surface area contributed by atoms with Crippen molar-refractivity contribution in [1.82, 2.24) is 24.5 Å². The molecule has 3 aromatic rings. The number of nitrogens with zero attached hydrogens (tertiary/aromatic N) is 6. The minimum Gasteiger partial charge on any atom is -0.246 e. The van der Waals surface area contributed by atoms with Gasteiger partial charge in [-0.25, -0.2) is 19.3 Å². The molecule has 27 heavy (non-hydrogen) atoms. The first-order valence-electron chi connectivity index (χ1n) is 9.06. The van der Waals surface area contributed by atoms with Crippen LogP contribution in [0, 0.1) is 0 Å². The van der Waals surface area contributed by atoms with E-state index in [1.54, 1.807) is 12.5 Å². The summed E-state index contributed by atoms with van der Waals surface area (Å²) >= 11 is 12.5. The molecule has 1 fully saturated rings. The Morgan fingerprint density at radius 3 is 2.63 bits per heavy atom. The standard InChI is InChI=1S/C19H18Cl2N6/c1-11-17(19-22-10-24-26(19)13-3-2-4-13)18(27-16(25-11)7-8-23-27)12-5-6-14(20)15(21)9-12/h5-10,13,17-18H,2-4H2,1H3/t17?,18-/m1/s1. The van der Waals surface area contributed by atoms with Gasteiger partial charge in [-0.15, -0.1) is 0 Å². The lowest BCUT2D eigenvalue weighted by Crippen LogP contribution is -2.32. The highest BCUT2D eigenvalue weighted by Gasteiger charge is 2.39. The molecule has 1 aromatic carbocycles. The number of rotatable bonds is 3. The number of aliphatic imine (C=N–C) groups is 1. The molecule has 5 rings (SSSR count). The lowest BCUT2D eigenvalue weighted by molar-refractivity contribution is 0.275. The van der Waals surface area contributed by atoms with Crippen LogP contribution in [0.4, 0.5) is 5.82 Å². The summed E-state index contributed by atoms with van der Waals surface area (Å²) in [5.41, 5.74) is 2.02. The molecule has 1 aliphatic heterocycles. The van der Waals surface area contributed by atoms with Crippen molar-refractivity contribution in [3.05, 3.63) is 58.2 Å². The van der Waals surface area contributed by atoms with E-state index in [1.165, 1.54) is 6.42 Å². The van der Waals surface area contributed by atoms with Crippen molar-refractivity contribution in [2.45, 2.75) is 44.2 Å². The van der Waals surface area contributed by atoms with E-state index in [1.807, 2.05) is 35.9 Å². The third-order valence-corrected chi connectivity index (χ3v) is 6.29. The van der Waals surface area contributed by atoms with Crippen LogP contribution in [0.1, 0.15) is 55.6 Å². The van der Waals surface area contributed by atoms with E-state index < -0.39 is 0 Å². The molecule has 2 atom stereocenters. The Morgan fingerprint density at radius 1 is 1.04 bits per heavy atom. The number of halogens is 2. The monoisotopic (exact) mass is 400 g/mol. The molecule has 3 heterocycles. The highest BCUT2D eigenvalue weighted by Crippen LogP contribution is 2.43. The summed E-state index contributed by atoms with van der Waals surface area (Å²) < 4.78 is 4.02. The van der Waals surface area contributed by atoms with Gasteiger partial charge in [0.05, 0.1) is 34.2 Å². The average molecular weight is 401 g/mol. The number of fused-ring (bicyclic) bond motifs is 1. The predicted molar refractivity (Wildman–Crippen MR) is 105 cm³/mol. The topological polar surface area (TPSA) is 60.9 Å². The maximum absolute atomic E-state index is 6.33. The molecule has 0 amide bonds. The SMILES string of the molecule is CC1=Nc2ccnn2[C@H](c2ccc(Cl)c(Cl)c2)C1c1ncnn1C1CCC1. The third kappa shape index (κ3) is 2.70. The molecule has 8 heteroatoms. The molecule has 0 spiro atoms. The van der Waals surface area contributed by atoms with Gasteiger partial charge in [-0.3, -0.25) is 0 Å². The van der Waals surface area contributed by atoms with Crippen molar-refractivity contribution in [1.29, 1.82) is 0 Å². The van der Waals surface area contributed by atoms with Crippen LogP contribution in [-0.4, -0.2) is 30.3 Å². The summed E-state index contributed by atoms with van der Waals surface area (Å²) in [6, 6.07) is 7.97. The van der Waals surface area contributed by atoms with Gasteiger partial charge < -0.3 is 0 Å². The van der Waals surface area contributed by atoms with E-state index >= 15 is 0 Å². The summed E-state index contributed by atoms with van der Waals surface area (Å²) in [7, 11) is 0. The first kappa shape index (κ1) is 17.0. The normalized spacial score (nSPS) is 22.3. The van der Waals surface area contributed by atoms with Crippen LogP contribution < -0.4 is 0 Å². The maximum atomic E-state index is 6.33. The first-order valence-corrected chi connectivity index (χ1v) is 9.82. The molecule has 1 saturated carbocycles. The van der Waals surface area contributed by atoms with Gasteiger partial charge in [0.25, 0.3) is 0 Å². The van der Waals surface area contributed by atoms with E-state index in [0.717, 1.165) is 35.8 Å². The van der Waals surface area contributed by atoms with Gasteiger partial charge in [0.1, 0.15) is 12.2 Å². The Labute approximate surface area is 166 Å². The van der Waals surface area contributed by atoms with E-state index in [0.29, 0.717) is 16.1 Å². The van der Waals surface area contributed by atoms with Gasteiger partial charge in [-0.1, -0.05) is 29.3 Å². The molecule has 138 valence electrons. The Kier molecular flexibility index (Phi) is 4.06. The van der Waals surface area contributed by atoms with E-state index in [9.17, 15) is 0 Å². The Bertz CT molecular complexity index is 1030. The molecule has 0 radical (unpaired) electrons. The van der Waals surface area contributed by atoms with E-state index in [2.05, 4.69) is 19.9 Å². The second-order valence-electron chi connectivity index (χ2n) is 7.13. The van der Waals surface area contributed by atoms with Crippen LogP contribution in [0.3, 0.4) is 0 Å². The van der Waals surface area contributed by atoms with Crippen molar-refractivity contribution in [2.24, 2.45) is 4.99 Å². The molecular formula is C19H18Cl2N6. The van der Waals surface area contributed by atoms with Gasteiger partial charge in [-0.05, 0) is 43.9 Å². The van der Waals surface area contributed by atoms with Crippen molar-refractivity contribution in [2.75, 3.05) is 0 Å². The zero-order valence-electron chi connectivity index (χ0n) is 14.8. The van der Waals surface area contributed by atoms with Crippen molar-refractivity contribution in [3.63, 3.8) is 0 Å². The zero-order chi connectivity index (χ0) is 18.5. The lowest BCUT2D eigenvalue weighted by Gasteiger charge is -2.34.